The number of aromatic nitrogens is 7. The first kappa shape index (κ1) is 11.6. The Hall–Kier alpha value is -2.19. The van der Waals surface area contributed by atoms with Crippen LogP contribution >= 0.6 is 23.4 Å². The lowest BCUT2D eigenvalue weighted by molar-refractivity contribution is 0.833. The summed E-state index contributed by atoms with van der Waals surface area (Å²) in [6, 6.07) is 7.45. The van der Waals surface area contributed by atoms with E-state index in [-0.39, 0.29) is 0 Å². The molecule has 0 atom stereocenters. The van der Waals surface area contributed by atoms with Gasteiger partial charge in [0.25, 0.3) is 5.78 Å². The fourth-order valence-corrected chi connectivity index (χ4v) is 2.96. The summed E-state index contributed by atoms with van der Waals surface area (Å²) in [6.45, 7) is 0. The minimum atomic E-state index is 0.363. The first-order chi connectivity index (χ1) is 9.81. The third-order valence-corrected chi connectivity index (χ3v) is 3.82. The number of hydrogen-bond acceptors (Lipinski definition) is 6. The molecule has 0 bridgehead atoms. The highest BCUT2D eigenvalue weighted by molar-refractivity contribution is 7.99. The van der Waals surface area contributed by atoms with Gasteiger partial charge >= 0.3 is 0 Å². The molecule has 4 rings (SSSR count). The zero-order chi connectivity index (χ0) is 13.5. The topological polar surface area (TPSA) is 73.3 Å². The molecule has 4 heterocycles. The summed E-state index contributed by atoms with van der Waals surface area (Å²) < 4.78 is 3.50. The molecule has 0 radical (unpaired) electrons. The highest BCUT2D eigenvalue weighted by Gasteiger charge is 2.12. The largest absolute Gasteiger partial charge is 0.277 e. The predicted molar refractivity (Wildman–Crippen MR) is 72.9 cm³/mol. The molecule has 0 saturated heterocycles. The predicted octanol–water partition coefficient (Wildman–Crippen LogP) is 1.97. The van der Waals surface area contributed by atoms with E-state index in [4.69, 9.17) is 11.6 Å². The van der Waals surface area contributed by atoms with E-state index in [0.717, 1.165) is 15.8 Å². The van der Waals surface area contributed by atoms with Crippen molar-refractivity contribution >= 4 is 34.8 Å². The average Bonchev–Trinajstić information content (AvgIpc) is 3.06. The van der Waals surface area contributed by atoms with Crippen molar-refractivity contribution in [1.82, 2.24) is 34.2 Å². The third-order valence-electron chi connectivity index (χ3n) is 2.67. The molecular weight excluding hydrogens is 298 g/mol. The molecule has 0 fully saturated rings. The van der Waals surface area contributed by atoms with Crippen molar-refractivity contribution in [3.8, 4) is 0 Å². The third kappa shape index (κ3) is 1.81. The Labute approximate surface area is 121 Å². The van der Waals surface area contributed by atoms with Gasteiger partial charge in [0.05, 0.1) is 0 Å². The van der Waals surface area contributed by atoms with E-state index in [0.29, 0.717) is 10.9 Å². The Kier molecular flexibility index (Phi) is 2.57. The minimum Gasteiger partial charge on any atom is -0.277 e. The van der Waals surface area contributed by atoms with Gasteiger partial charge in [0.2, 0.25) is 5.16 Å². The summed E-state index contributed by atoms with van der Waals surface area (Å²) in [5.74, 6) is 0.453. The van der Waals surface area contributed by atoms with Crippen molar-refractivity contribution in [2.75, 3.05) is 0 Å². The van der Waals surface area contributed by atoms with Gasteiger partial charge in [-0.05, 0) is 23.9 Å². The van der Waals surface area contributed by atoms with E-state index in [2.05, 4.69) is 25.3 Å². The van der Waals surface area contributed by atoms with Crippen molar-refractivity contribution in [2.24, 2.45) is 0 Å². The van der Waals surface area contributed by atoms with Crippen LogP contribution in [0.1, 0.15) is 0 Å². The smallest absolute Gasteiger partial charge is 0.254 e. The fraction of sp³-hybridized carbons (Fsp3) is 0. The van der Waals surface area contributed by atoms with Crippen molar-refractivity contribution in [3.63, 3.8) is 0 Å². The van der Waals surface area contributed by atoms with E-state index in [1.54, 1.807) is 10.6 Å². The second kappa shape index (κ2) is 4.43. The van der Waals surface area contributed by atoms with Crippen LogP contribution in [0.2, 0.25) is 5.15 Å². The molecule has 0 aliphatic heterocycles. The van der Waals surface area contributed by atoms with Gasteiger partial charge in [0.1, 0.15) is 16.5 Å². The van der Waals surface area contributed by atoms with E-state index >= 15 is 0 Å². The van der Waals surface area contributed by atoms with Gasteiger partial charge in [-0.25, -0.2) is 0 Å². The molecule has 0 aliphatic carbocycles. The van der Waals surface area contributed by atoms with Crippen LogP contribution in [0.3, 0.4) is 0 Å². The SMILES string of the molecule is Clc1cc(Sc2nnc3ccccn23)n2ncnc2n1. The molecular formula is C11H6ClN7S. The maximum atomic E-state index is 5.99. The van der Waals surface area contributed by atoms with Crippen molar-refractivity contribution in [3.05, 3.63) is 41.9 Å². The van der Waals surface area contributed by atoms with Gasteiger partial charge < -0.3 is 0 Å². The minimum absolute atomic E-state index is 0.363. The summed E-state index contributed by atoms with van der Waals surface area (Å²) in [6.07, 6.45) is 3.34. The highest BCUT2D eigenvalue weighted by Crippen LogP contribution is 2.27. The Morgan fingerprint density at radius 1 is 1.20 bits per heavy atom. The van der Waals surface area contributed by atoms with E-state index < -0.39 is 0 Å². The van der Waals surface area contributed by atoms with Gasteiger partial charge in [0.15, 0.2) is 5.65 Å². The molecule has 0 spiro atoms. The average molecular weight is 304 g/mol. The number of rotatable bonds is 2. The van der Waals surface area contributed by atoms with Crippen LogP contribution in [0, 0.1) is 0 Å². The van der Waals surface area contributed by atoms with Crippen molar-refractivity contribution in [2.45, 2.75) is 10.2 Å². The molecule has 9 heteroatoms. The first-order valence-corrected chi connectivity index (χ1v) is 6.84. The van der Waals surface area contributed by atoms with Crippen LogP contribution in [0.15, 0.2) is 47.0 Å². The number of nitrogens with zero attached hydrogens (tertiary/aromatic N) is 7. The van der Waals surface area contributed by atoms with Crippen LogP contribution in [0.4, 0.5) is 0 Å². The van der Waals surface area contributed by atoms with Crippen molar-refractivity contribution in [1.29, 1.82) is 0 Å². The molecule has 0 N–H and O–H groups in total. The molecule has 4 aromatic heterocycles. The summed E-state index contributed by atoms with van der Waals surface area (Å²) in [5.41, 5.74) is 0.782. The first-order valence-electron chi connectivity index (χ1n) is 5.65. The summed E-state index contributed by atoms with van der Waals surface area (Å²) in [7, 11) is 0. The zero-order valence-corrected chi connectivity index (χ0v) is 11.5. The number of hydrogen-bond donors (Lipinski definition) is 0. The number of pyridine rings is 1. The summed E-state index contributed by atoms with van der Waals surface area (Å²) >= 11 is 7.39. The normalized spacial score (nSPS) is 11.4. The quantitative estimate of drug-likeness (QED) is 0.527. The fourth-order valence-electron chi connectivity index (χ4n) is 1.81. The van der Waals surface area contributed by atoms with Crippen LogP contribution in [0.25, 0.3) is 11.4 Å². The second-order valence-electron chi connectivity index (χ2n) is 3.90. The maximum Gasteiger partial charge on any atom is 0.254 e. The number of fused-ring (bicyclic) bond motifs is 2. The molecule has 7 nitrogen and oxygen atoms in total. The lowest BCUT2D eigenvalue weighted by Crippen LogP contribution is -1.96. The van der Waals surface area contributed by atoms with Gasteiger partial charge in [-0.1, -0.05) is 17.7 Å². The summed E-state index contributed by atoms with van der Waals surface area (Å²) in [4.78, 5) is 8.12. The van der Waals surface area contributed by atoms with Gasteiger partial charge in [-0.3, -0.25) is 4.40 Å². The Bertz CT molecular complexity index is 915. The molecule has 0 amide bonds. The Morgan fingerprint density at radius 3 is 3.10 bits per heavy atom. The van der Waals surface area contributed by atoms with Gasteiger partial charge in [0, 0.05) is 12.3 Å². The molecule has 0 aliphatic rings. The second-order valence-corrected chi connectivity index (χ2v) is 5.28. The Balaban J connectivity index is 1.86. The standard InChI is InChI=1S/C11H6ClN7S/c12-7-5-9(19-10(15-7)13-6-14-19)20-11-17-16-8-3-1-2-4-18(8)11/h1-6H. The highest BCUT2D eigenvalue weighted by atomic mass is 35.5. The lowest BCUT2D eigenvalue weighted by atomic mass is 10.5. The molecule has 0 saturated carbocycles. The monoisotopic (exact) mass is 303 g/mol. The molecule has 0 aromatic carbocycles. The molecule has 4 aromatic rings. The van der Waals surface area contributed by atoms with Crippen LogP contribution in [-0.4, -0.2) is 34.2 Å². The van der Waals surface area contributed by atoms with Crippen molar-refractivity contribution < 1.29 is 0 Å². The number of halogens is 1. The zero-order valence-electron chi connectivity index (χ0n) is 9.88. The van der Waals surface area contributed by atoms with E-state index in [9.17, 15) is 0 Å². The molecule has 0 unspecified atom stereocenters. The van der Waals surface area contributed by atoms with Gasteiger partial charge in [-0.15, -0.1) is 10.2 Å². The van der Waals surface area contributed by atoms with Crippen LogP contribution in [-0.2, 0) is 0 Å². The summed E-state index contributed by atoms with van der Waals surface area (Å²) in [5, 5.41) is 14.3. The Morgan fingerprint density at radius 2 is 2.15 bits per heavy atom. The van der Waals surface area contributed by atoms with Gasteiger partial charge in [-0.2, -0.15) is 19.6 Å². The van der Waals surface area contributed by atoms with Crippen LogP contribution < -0.4 is 0 Å². The van der Waals surface area contributed by atoms with E-state index in [1.807, 2.05) is 28.8 Å². The molecule has 98 valence electrons. The molecule has 20 heavy (non-hydrogen) atoms. The van der Waals surface area contributed by atoms with E-state index in [1.165, 1.54) is 18.1 Å². The maximum absolute atomic E-state index is 5.99. The lowest BCUT2D eigenvalue weighted by Gasteiger charge is -2.02. The van der Waals surface area contributed by atoms with Crippen LogP contribution in [0.5, 0.6) is 0 Å².